The Hall–Kier alpha value is -1.08. The largest absolute Gasteiger partial charge is 0.368 e. The van der Waals surface area contributed by atoms with E-state index in [9.17, 15) is 4.79 Å². The van der Waals surface area contributed by atoms with E-state index in [1.165, 1.54) is 11.8 Å². The highest BCUT2D eigenvalue weighted by atomic mass is 32.2. The van der Waals surface area contributed by atoms with Crippen LogP contribution in [-0.2, 0) is 11.8 Å². The Kier molecular flexibility index (Phi) is 4.57. The molecule has 1 heterocycles. The molecule has 0 aromatic carbocycles. The fraction of sp³-hybridized carbons (Fsp3) is 0.625. The molecule has 0 saturated heterocycles. The molecule has 0 radical (unpaired) electrons. The molecule has 0 spiro atoms. The number of likely N-dealkylation sites (N-methyl/N-ethyl adjacent to an activating group) is 1. The highest BCUT2D eigenvalue weighted by Crippen LogP contribution is 2.14. The fourth-order valence-corrected chi connectivity index (χ4v) is 2.00. The van der Waals surface area contributed by atoms with Crippen molar-refractivity contribution in [3.63, 3.8) is 0 Å². The molecule has 84 valence electrons. The highest BCUT2D eigenvalue weighted by molar-refractivity contribution is 7.99. The molecule has 15 heavy (non-hydrogen) atoms. The van der Waals surface area contributed by atoms with Gasteiger partial charge in [-0.15, -0.1) is 10.2 Å². The zero-order valence-corrected chi connectivity index (χ0v) is 9.62. The first-order valence-electron chi connectivity index (χ1n) is 4.64. The van der Waals surface area contributed by atoms with Crippen molar-refractivity contribution in [1.29, 1.82) is 0 Å². The van der Waals surface area contributed by atoms with Gasteiger partial charge in [-0.2, -0.15) is 0 Å². The van der Waals surface area contributed by atoms with E-state index in [1.54, 1.807) is 10.9 Å². The lowest BCUT2D eigenvalue weighted by molar-refractivity contribution is -0.119. The normalized spacial score (nSPS) is 12.7. The van der Waals surface area contributed by atoms with Crippen LogP contribution in [0.1, 0.15) is 6.92 Å². The summed E-state index contributed by atoms with van der Waals surface area (Å²) in [5.41, 5.74) is 5.24. The van der Waals surface area contributed by atoms with Crippen LogP contribution in [0, 0.1) is 0 Å². The molecule has 1 atom stereocenters. The van der Waals surface area contributed by atoms with Gasteiger partial charge in [-0.25, -0.2) is 0 Å². The molecule has 3 N–H and O–H groups in total. The molecule has 0 saturated carbocycles. The average molecular weight is 229 g/mol. The predicted molar refractivity (Wildman–Crippen MR) is 58.4 cm³/mol. The maximum Gasteiger partial charge on any atom is 0.235 e. The van der Waals surface area contributed by atoms with Crippen LogP contribution in [0.15, 0.2) is 11.5 Å². The predicted octanol–water partition coefficient (Wildman–Crippen LogP) is -0.629. The van der Waals surface area contributed by atoms with Gasteiger partial charge in [-0.1, -0.05) is 18.7 Å². The van der Waals surface area contributed by atoms with Gasteiger partial charge in [-0.3, -0.25) is 4.79 Å². The molecule has 0 bridgehead atoms. The minimum Gasteiger partial charge on any atom is -0.368 e. The van der Waals surface area contributed by atoms with Crippen LogP contribution in [0.4, 0.5) is 0 Å². The molecule has 0 aliphatic heterocycles. The first-order valence-corrected chi connectivity index (χ1v) is 5.63. The molecule has 0 fully saturated rings. The molecule has 1 unspecified atom stereocenters. The van der Waals surface area contributed by atoms with Crippen molar-refractivity contribution in [2.75, 3.05) is 12.3 Å². The number of rotatable bonds is 6. The second-order valence-corrected chi connectivity index (χ2v) is 4.04. The summed E-state index contributed by atoms with van der Waals surface area (Å²) in [6.07, 6.45) is 1.62. The molecular weight excluding hydrogens is 214 g/mol. The lowest BCUT2D eigenvalue weighted by atomic mass is 10.3. The Morgan fingerprint density at radius 3 is 3.00 bits per heavy atom. The summed E-state index contributed by atoms with van der Waals surface area (Å²) in [6, 6.07) is -0.322. The van der Waals surface area contributed by atoms with Crippen molar-refractivity contribution >= 4 is 17.7 Å². The molecule has 6 nitrogen and oxygen atoms in total. The number of carbonyl (C=O) groups excluding carboxylic acids is 1. The van der Waals surface area contributed by atoms with Gasteiger partial charge in [0.2, 0.25) is 5.91 Å². The monoisotopic (exact) mass is 229 g/mol. The SMILES string of the molecule is CCNC(CSc1nncn1C)C(N)=O. The zero-order valence-electron chi connectivity index (χ0n) is 8.80. The van der Waals surface area contributed by atoms with Gasteiger partial charge in [0.25, 0.3) is 0 Å². The molecule has 0 aliphatic carbocycles. The maximum atomic E-state index is 11.0. The Labute approximate surface area is 92.6 Å². The molecule has 1 amide bonds. The van der Waals surface area contributed by atoms with E-state index in [1.807, 2.05) is 14.0 Å². The summed E-state index contributed by atoms with van der Waals surface area (Å²) in [7, 11) is 1.86. The van der Waals surface area contributed by atoms with Crippen LogP contribution < -0.4 is 11.1 Å². The number of nitrogens with zero attached hydrogens (tertiary/aromatic N) is 3. The number of aryl methyl sites for hydroxylation is 1. The molecule has 7 heteroatoms. The lowest BCUT2D eigenvalue weighted by Crippen LogP contribution is -2.43. The quantitative estimate of drug-likeness (QED) is 0.634. The van der Waals surface area contributed by atoms with E-state index in [2.05, 4.69) is 15.5 Å². The van der Waals surface area contributed by atoms with Gasteiger partial charge in [0.15, 0.2) is 5.16 Å². The van der Waals surface area contributed by atoms with Crippen LogP contribution in [0.5, 0.6) is 0 Å². The Balaban J connectivity index is 2.47. The molecule has 1 rings (SSSR count). The van der Waals surface area contributed by atoms with Crippen molar-refractivity contribution in [3.8, 4) is 0 Å². The van der Waals surface area contributed by atoms with Crippen LogP contribution in [0.25, 0.3) is 0 Å². The first kappa shape index (κ1) is 12.0. The molecule has 1 aromatic heterocycles. The van der Waals surface area contributed by atoms with E-state index >= 15 is 0 Å². The third kappa shape index (κ3) is 3.52. The van der Waals surface area contributed by atoms with Crippen LogP contribution in [0.2, 0.25) is 0 Å². The van der Waals surface area contributed by atoms with Crippen LogP contribution >= 0.6 is 11.8 Å². The number of hydrogen-bond acceptors (Lipinski definition) is 5. The third-order valence-electron chi connectivity index (χ3n) is 1.84. The smallest absolute Gasteiger partial charge is 0.235 e. The van der Waals surface area contributed by atoms with Gasteiger partial charge < -0.3 is 15.6 Å². The summed E-state index contributed by atoms with van der Waals surface area (Å²) in [6.45, 7) is 2.65. The summed E-state index contributed by atoms with van der Waals surface area (Å²) >= 11 is 1.46. The van der Waals surface area contributed by atoms with Crippen LogP contribution in [0.3, 0.4) is 0 Å². The number of nitrogens with two attached hydrogens (primary N) is 1. The van der Waals surface area contributed by atoms with Gasteiger partial charge in [-0.05, 0) is 6.54 Å². The number of primary amides is 1. The van der Waals surface area contributed by atoms with E-state index in [-0.39, 0.29) is 11.9 Å². The number of aromatic nitrogens is 3. The molecular formula is C8H15N5OS. The summed E-state index contributed by atoms with van der Waals surface area (Å²) < 4.78 is 1.80. The summed E-state index contributed by atoms with van der Waals surface area (Å²) in [5.74, 6) is 0.224. The molecule has 1 aromatic rings. The van der Waals surface area contributed by atoms with E-state index in [0.717, 1.165) is 5.16 Å². The minimum absolute atomic E-state index is 0.322. The van der Waals surface area contributed by atoms with Crippen LogP contribution in [-0.4, -0.2) is 39.0 Å². The summed E-state index contributed by atoms with van der Waals surface area (Å²) in [4.78, 5) is 11.0. The minimum atomic E-state index is -0.341. The van der Waals surface area contributed by atoms with E-state index in [4.69, 9.17) is 5.73 Å². The Morgan fingerprint density at radius 1 is 1.80 bits per heavy atom. The van der Waals surface area contributed by atoms with E-state index < -0.39 is 0 Å². The van der Waals surface area contributed by atoms with Gasteiger partial charge in [0.05, 0.1) is 6.04 Å². The number of amides is 1. The molecule has 0 aliphatic rings. The van der Waals surface area contributed by atoms with Crippen molar-refractivity contribution in [2.45, 2.75) is 18.1 Å². The van der Waals surface area contributed by atoms with Crippen molar-refractivity contribution in [3.05, 3.63) is 6.33 Å². The zero-order chi connectivity index (χ0) is 11.3. The van der Waals surface area contributed by atoms with Gasteiger partial charge in [0, 0.05) is 12.8 Å². The standard InChI is InChI=1S/C8H15N5OS/c1-3-10-6(7(9)14)4-15-8-12-11-5-13(8)2/h5-6,10H,3-4H2,1-2H3,(H2,9,14). The maximum absolute atomic E-state index is 11.0. The fourth-order valence-electron chi connectivity index (χ4n) is 1.05. The Bertz CT molecular complexity index is 327. The van der Waals surface area contributed by atoms with Gasteiger partial charge >= 0.3 is 0 Å². The number of hydrogen-bond donors (Lipinski definition) is 2. The average Bonchev–Trinajstić information content (AvgIpc) is 2.58. The Morgan fingerprint density at radius 2 is 2.53 bits per heavy atom. The van der Waals surface area contributed by atoms with Crippen molar-refractivity contribution < 1.29 is 4.79 Å². The first-order chi connectivity index (χ1) is 7.15. The topological polar surface area (TPSA) is 85.8 Å². The van der Waals surface area contributed by atoms with Gasteiger partial charge in [0.1, 0.15) is 6.33 Å². The second kappa shape index (κ2) is 5.72. The summed E-state index contributed by atoms with van der Waals surface area (Å²) in [5, 5.41) is 11.4. The van der Waals surface area contributed by atoms with Crippen molar-refractivity contribution in [2.24, 2.45) is 12.8 Å². The highest BCUT2D eigenvalue weighted by Gasteiger charge is 2.15. The number of thioether (sulfide) groups is 1. The van der Waals surface area contributed by atoms with E-state index in [0.29, 0.717) is 12.3 Å². The number of nitrogens with one attached hydrogen (secondary N) is 1. The number of carbonyl (C=O) groups is 1. The third-order valence-corrected chi connectivity index (χ3v) is 2.97. The van der Waals surface area contributed by atoms with Crippen molar-refractivity contribution in [1.82, 2.24) is 20.1 Å². The second-order valence-electron chi connectivity index (χ2n) is 3.05. The lowest BCUT2D eigenvalue weighted by Gasteiger charge is -2.12.